The Morgan fingerprint density at radius 1 is 1.02 bits per heavy atom. The summed E-state index contributed by atoms with van der Waals surface area (Å²) in [7, 11) is -3.09. The van der Waals surface area contributed by atoms with Crippen LogP contribution in [0.3, 0.4) is 0 Å². The molecule has 43 heavy (non-hydrogen) atoms. The Kier molecular flexibility index (Phi) is 11.1. The second-order valence-corrected chi connectivity index (χ2v) is 11.9. The Morgan fingerprint density at radius 3 is 2.28 bits per heavy atom. The number of nitrogens with one attached hydrogen (secondary N) is 1. The first kappa shape index (κ1) is 33.7. The van der Waals surface area contributed by atoms with Gasteiger partial charge in [-0.15, -0.1) is 0 Å². The second kappa shape index (κ2) is 14.1. The normalized spacial score (nSPS) is 12.4. The molecular weight excluding hydrogens is 607 g/mol. The molecule has 0 aliphatic carbocycles. The topological polar surface area (TPSA) is 96.0 Å². The molecule has 13 heteroatoms. The fraction of sp³-hybridized carbons (Fsp3) is 0.333. The first-order chi connectivity index (χ1) is 20.2. The Bertz CT molecular complexity index is 1550. The van der Waals surface area contributed by atoms with E-state index >= 15 is 0 Å². The summed E-state index contributed by atoms with van der Waals surface area (Å²) in [5.74, 6) is -0.763. The number of carbonyl (C=O) groups is 2. The van der Waals surface area contributed by atoms with Gasteiger partial charge in [-0.2, -0.15) is 13.2 Å². The molecule has 232 valence electrons. The molecule has 0 radical (unpaired) electrons. The lowest BCUT2D eigenvalue weighted by atomic mass is 10.1. The number of methoxy groups -OCH3 is 1. The highest BCUT2D eigenvalue weighted by Crippen LogP contribution is 2.38. The van der Waals surface area contributed by atoms with Gasteiger partial charge in [-0.25, -0.2) is 8.42 Å². The van der Waals surface area contributed by atoms with Crippen LogP contribution in [0.4, 0.5) is 18.9 Å². The largest absolute Gasteiger partial charge is 0.497 e. The van der Waals surface area contributed by atoms with Gasteiger partial charge in [0, 0.05) is 13.1 Å². The molecule has 2 amide bonds. The summed E-state index contributed by atoms with van der Waals surface area (Å²) in [6.45, 7) is 4.45. The molecule has 3 aromatic rings. The SMILES string of the molecule is CCNC(=O)[C@@H](CC)N(Cc1cccc(OC)c1)C(=O)CN(c1ccc(Cl)c(C(F)(F)F)c1)S(=O)(=O)c1ccc(C)cc1. The minimum Gasteiger partial charge on any atom is -0.497 e. The summed E-state index contributed by atoms with van der Waals surface area (Å²) in [5, 5.41) is 2.06. The Balaban J connectivity index is 2.16. The molecule has 3 aromatic carbocycles. The zero-order valence-corrected chi connectivity index (χ0v) is 25.7. The van der Waals surface area contributed by atoms with Crippen molar-refractivity contribution in [2.75, 3.05) is 24.5 Å². The summed E-state index contributed by atoms with van der Waals surface area (Å²) in [6, 6.07) is 14.1. The van der Waals surface area contributed by atoms with Crippen LogP contribution in [0.1, 0.15) is 37.0 Å². The zero-order chi connectivity index (χ0) is 31.9. The van der Waals surface area contributed by atoms with Gasteiger partial charge >= 0.3 is 6.18 Å². The average molecular weight is 640 g/mol. The van der Waals surface area contributed by atoms with Gasteiger partial charge in [0.05, 0.1) is 28.3 Å². The first-order valence-corrected chi connectivity index (χ1v) is 15.2. The van der Waals surface area contributed by atoms with Crippen LogP contribution >= 0.6 is 11.6 Å². The number of alkyl halides is 3. The molecule has 0 spiro atoms. The predicted octanol–water partition coefficient (Wildman–Crippen LogP) is 5.81. The highest BCUT2D eigenvalue weighted by atomic mass is 35.5. The van der Waals surface area contributed by atoms with E-state index in [2.05, 4.69) is 5.32 Å². The minimum absolute atomic E-state index is 0.0987. The highest BCUT2D eigenvalue weighted by Gasteiger charge is 2.37. The summed E-state index contributed by atoms with van der Waals surface area (Å²) in [6.07, 6.45) is -4.70. The molecule has 0 bridgehead atoms. The van der Waals surface area contributed by atoms with E-state index in [9.17, 15) is 31.2 Å². The fourth-order valence-electron chi connectivity index (χ4n) is 4.43. The molecule has 0 aromatic heterocycles. The van der Waals surface area contributed by atoms with Crippen LogP contribution in [0.2, 0.25) is 5.02 Å². The fourth-order valence-corrected chi connectivity index (χ4v) is 6.06. The number of amides is 2. The number of carbonyl (C=O) groups excluding carboxylic acids is 2. The zero-order valence-electron chi connectivity index (χ0n) is 24.1. The predicted molar refractivity (Wildman–Crippen MR) is 158 cm³/mol. The maximum absolute atomic E-state index is 14.0. The van der Waals surface area contributed by atoms with Gasteiger partial charge in [0.2, 0.25) is 11.8 Å². The number of hydrogen-bond acceptors (Lipinski definition) is 5. The van der Waals surface area contributed by atoms with E-state index in [4.69, 9.17) is 16.3 Å². The number of nitrogens with zero attached hydrogens (tertiary/aromatic N) is 2. The minimum atomic E-state index is -4.89. The van der Waals surface area contributed by atoms with E-state index < -0.39 is 56.9 Å². The van der Waals surface area contributed by atoms with E-state index in [0.717, 1.165) is 17.7 Å². The second-order valence-electron chi connectivity index (χ2n) is 9.68. The molecule has 0 saturated carbocycles. The van der Waals surface area contributed by atoms with Crippen molar-refractivity contribution in [1.29, 1.82) is 0 Å². The molecule has 3 rings (SSSR count). The van der Waals surface area contributed by atoms with Crippen molar-refractivity contribution in [1.82, 2.24) is 10.2 Å². The van der Waals surface area contributed by atoms with Gasteiger partial charge in [0.1, 0.15) is 18.3 Å². The van der Waals surface area contributed by atoms with E-state index in [1.807, 2.05) is 0 Å². The molecule has 1 atom stereocenters. The third-order valence-corrected chi connectivity index (χ3v) is 8.77. The molecular formula is C30H33ClF3N3O5S. The molecule has 0 aliphatic heterocycles. The Labute approximate surface area is 254 Å². The molecule has 0 heterocycles. The van der Waals surface area contributed by atoms with Gasteiger partial charge in [0.25, 0.3) is 10.0 Å². The molecule has 0 fully saturated rings. The van der Waals surface area contributed by atoms with Gasteiger partial charge in [-0.1, -0.05) is 48.4 Å². The van der Waals surface area contributed by atoms with Crippen molar-refractivity contribution < 1.29 is 35.9 Å². The Morgan fingerprint density at radius 2 is 1.70 bits per heavy atom. The van der Waals surface area contributed by atoms with Crippen molar-refractivity contribution >= 4 is 39.1 Å². The third kappa shape index (κ3) is 8.20. The van der Waals surface area contributed by atoms with Crippen molar-refractivity contribution in [2.24, 2.45) is 0 Å². The van der Waals surface area contributed by atoms with E-state index in [1.54, 1.807) is 45.0 Å². The molecule has 0 saturated heterocycles. The quantitative estimate of drug-likeness (QED) is 0.270. The van der Waals surface area contributed by atoms with Crippen molar-refractivity contribution in [2.45, 2.75) is 50.9 Å². The maximum Gasteiger partial charge on any atom is 0.417 e. The number of halogens is 4. The van der Waals surface area contributed by atoms with Crippen LogP contribution in [0, 0.1) is 6.92 Å². The first-order valence-electron chi connectivity index (χ1n) is 13.4. The number of sulfonamides is 1. The molecule has 0 unspecified atom stereocenters. The standard InChI is InChI=1S/C30H33ClF3N3O5S/c1-5-27(29(39)35-6-2)36(18-21-8-7-9-23(16-21)42-4)28(38)19-37(43(40,41)24-13-10-20(3)11-14-24)22-12-15-26(31)25(17-22)30(32,33)34/h7-17,27H,5-6,18-19H2,1-4H3,(H,35,39)/t27-/m1/s1. The van der Waals surface area contributed by atoms with Crippen molar-refractivity contribution in [3.05, 3.63) is 88.4 Å². The van der Waals surface area contributed by atoms with Gasteiger partial charge in [0.15, 0.2) is 0 Å². The number of likely N-dealkylation sites (N-methyl/N-ethyl adjacent to an activating group) is 1. The van der Waals surface area contributed by atoms with Crippen molar-refractivity contribution in [3.63, 3.8) is 0 Å². The summed E-state index contributed by atoms with van der Waals surface area (Å²) in [4.78, 5) is 28.1. The number of hydrogen-bond donors (Lipinski definition) is 1. The molecule has 0 aliphatic rings. The lowest BCUT2D eigenvalue weighted by Gasteiger charge is -2.33. The highest BCUT2D eigenvalue weighted by molar-refractivity contribution is 7.92. The van der Waals surface area contributed by atoms with Gasteiger partial charge in [-0.05, 0) is 68.3 Å². The van der Waals surface area contributed by atoms with Crippen LogP contribution in [-0.4, -0.2) is 51.4 Å². The number of ether oxygens (including phenoxy) is 1. The number of anilines is 1. The van der Waals surface area contributed by atoms with Crippen LogP contribution in [0.5, 0.6) is 5.75 Å². The van der Waals surface area contributed by atoms with Crippen LogP contribution in [0.15, 0.2) is 71.6 Å². The maximum atomic E-state index is 14.0. The van der Waals surface area contributed by atoms with Gasteiger partial charge in [-0.3, -0.25) is 13.9 Å². The lowest BCUT2D eigenvalue weighted by Crippen LogP contribution is -2.52. The summed E-state index contributed by atoms with van der Waals surface area (Å²) < 4.78 is 75.0. The lowest BCUT2D eigenvalue weighted by molar-refractivity contribution is -0.140. The van der Waals surface area contributed by atoms with Gasteiger partial charge < -0.3 is 15.0 Å². The monoisotopic (exact) mass is 639 g/mol. The van der Waals surface area contributed by atoms with Crippen LogP contribution < -0.4 is 14.4 Å². The van der Waals surface area contributed by atoms with Crippen LogP contribution in [0.25, 0.3) is 0 Å². The van der Waals surface area contributed by atoms with E-state index in [-0.39, 0.29) is 24.4 Å². The van der Waals surface area contributed by atoms with E-state index in [1.165, 1.54) is 36.3 Å². The summed E-state index contributed by atoms with van der Waals surface area (Å²) >= 11 is 5.81. The smallest absolute Gasteiger partial charge is 0.417 e. The molecule has 1 N–H and O–H groups in total. The number of benzene rings is 3. The summed E-state index contributed by atoms with van der Waals surface area (Å²) in [5.41, 5.74) is -0.331. The van der Waals surface area contributed by atoms with Crippen molar-refractivity contribution in [3.8, 4) is 5.75 Å². The molecule has 8 nitrogen and oxygen atoms in total. The number of rotatable bonds is 12. The third-order valence-electron chi connectivity index (χ3n) is 6.66. The average Bonchev–Trinajstić information content (AvgIpc) is 2.96. The van der Waals surface area contributed by atoms with E-state index in [0.29, 0.717) is 21.7 Å². The Hall–Kier alpha value is -3.77. The number of aryl methyl sites for hydroxylation is 1. The van der Waals surface area contributed by atoms with Crippen LogP contribution in [-0.2, 0) is 32.3 Å².